The van der Waals surface area contributed by atoms with Gasteiger partial charge in [0.1, 0.15) is 10.7 Å². The van der Waals surface area contributed by atoms with Crippen molar-refractivity contribution in [2.75, 3.05) is 15.7 Å². The Morgan fingerprint density at radius 2 is 1.61 bits per heavy atom. The molecule has 0 fully saturated rings. The fraction of sp³-hybridized carbons (Fsp3) is 0.0769. The molecule has 0 spiro atoms. The van der Waals surface area contributed by atoms with Gasteiger partial charge in [-0.3, -0.25) is 9.44 Å². The summed E-state index contributed by atoms with van der Waals surface area (Å²) in [5.41, 5.74) is 0.0990. The molecule has 0 aliphatic carbocycles. The Labute approximate surface area is 138 Å². The molecule has 0 unspecified atom stereocenters. The van der Waals surface area contributed by atoms with Crippen LogP contribution in [0.5, 0.6) is 0 Å². The number of hydrogen-bond donors (Lipinski definition) is 2. The van der Waals surface area contributed by atoms with Gasteiger partial charge in [-0.05, 0) is 36.4 Å². The van der Waals surface area contributed by atoms with Crippen LogP contribution in [0.4, 0.5) is 15.8 Å². The van der Waals surface area contributed by atoms with Crippen LogP contribution in [0.25, 0.3) is 0 Å². The third-order valence-corrected chi connectivity index (χ3v) is 4.86. The average Bonchev–Trinajstić information content (AvgIpc) is 2.35. The minimum absolute atomic E-state index is 0.0771. The zero-order valence-corrected chi connectivity index (χ0v) is 14.1. The molecule has 2 aromatic carbocycles. The van der Waals surface area contributed by atoms with Crippen molar-refractivity contribution < 1.29 is 21.2 Å². The van der Waals surface area contributed by atoms with Crippen LogP contribution in [0, 0.1) is 5.82 Å². The number of sulfonamides is 2. The maximum absolute atomic E-state index is 14.0. The zero-order chi connectivity index (χ0) is 17.3. The topological polar surface area (TPSA) is 92.3 Å². The van der Waals surface area contributed by atoms with Gasteiger partial charge >= 0.3 is 0 Å². The Hall–Kier alpha value is -1.84. The Balaban J connectivity index is 2.33. The molecule has 2 N–H and O–H groups in total. The fourth-order valence-electron chi connectivity index (χ4n) is 1.76. The Morgan fingerprint density at radius 1 is 0.957 bits per heavy atom. The largest absolute Gasteiger partial charge is 0.284 e. The van der Waals surface area contributed by atoms with Gasteiger partial charge in [0, 0.05) is 5.02 Å². The molecule has 0 bridgehead atoms. The molecular weight excluding hydrogens is 367 g/mol. The van der Waals surface area contributed by atoms with Crippen LogP contribution in [-0.4, -0.2) is 23.1 Å². The maximum Gasteiger partial charge on any atom is 0.264 e. The Kier molecular flexibility index (Phi) is 4.83. The summed E-state index contributed by atoms with van der Waals surface area (Å²) in [7, 11) is -7.77. The van der Waals surface area contributed by atoms with Crippen LogP contribution in [0.3, 0.4) is 0 Å². The summed E-state index contributed by atoms with van der Waals surface area (Å²) in [5, 5.41) is 0.318. The molecule has 2 rings (SSSR count). The monoisotopic (exact) mass is 378 g/mol. The lowest BCUT2D eigenvalue weighted by atomic mass is 10.3. The van der Waals surface area contributed by atoms with E-state index in [0.29, 0.717) is 5.02 Å². The van der Waals surface area contributed by atoms with E-state index in [1.165, 1.54) is 18.2 Å². The van der Waals surface area contributed by atoms with E-state index in [4.69, 9.17) is 11.6 Å². The van der Waals surface area contributed by atoms with Crippen LogP contribution in [0.1, 0.15) is 0 Å². The number of anilines is 2. The van der Waals surface area contributed by atoms with Crippen molar-refractivity contribution in [3.63, 3.8) is 0 Å². The van der Waals surface area contributed by atoms with Gasteiger partial charge in [-0.2, -0.15) is 0 Å². The molecule has 6 nitrogen and oxygen atoms in total. The number of hydrogen-bond acceptors (Lipinski definition) is 4. The van der Waals surface area contributed by atoms with Crippen LogP contribution in [-0.2, 0) is 20.0 Å². The van der Waals surface area contributed by atoms with Crippen molar-refractivity contribution in [2.24, 2.45) is 0 Å². The maximum atomic E-state index is 14.0. The van der Waals surface area contributed by atoms with E-state index in [0.717, 1.165) is 24.5 Å². The first-order chi connectivity index (χ1) is 10.6. The zero-order valence-electron chi connectivity index (χ0n) is 11.7. The highest BCUT2D eigenvalue weighted by Gasteiger charge is 2.20. The molecule has 0 amide bonds. The number of halogens is 2. The number of nitrogens with one attached hydrogen (secondary N) is 2. The summed E-state index contributed by atoms with van der Waals surface area (Å²) in [6, 6.07) is 8.83. The SMILES string of the molecule is CS(=O)(=O)Nc1ccc(S(=O)(=O)Nc2cccc(Cl)c2)c(F)c1. The smallest absolute Gasteiger partial charge is 0.264 e. The average molecular weight is 379 g/mol. The first kappa shape index (κ1) is 17.5. The van der Waals surface area contributed by atoms with Crippen LogP contribution in [0.15, 0.2) is 47.4 Å². The van der Waals surface area contributed by atoms with Crippen LogP contribution < -0.4 is 9.44 Å². The number of rotatable bonds is 5. The van der Waals surface area contributed by atoms with Gasteiger partial charge in [-0.25, -0.2) is 21.2 Å². The molecule has 0 saturated carbocycles. The summed E-state index contributed by atoms with van der Waals surface area (Å²) in [5.74, 6) is -1.09. The molecule has 0 radical (unpaired) electrons. The van der Waals surface area contributed by atoms with Crippen molar-refractivity contribution in [3.05, 3.63) is 53.3 Å². The summed E-state index contributed by atoms with van der Waals surface area (Å²) in [4.78, 5) is -0.614. The Bertz CT molecular complexity index is 946. The highest BCUT2D eigenvalue weighted by atomic mass is 35.5. The summed E-state index contributed by atoms with van der Waals surface area (Å²) in [6.07, 6.45) is 0.899. The third kappa shape index (κ3) is 4.81. The quantitative estimate of drug-likeness (QED) is 0.836. The highest BCUT2D eigenvalue weighted by Crippen LogP contribution is 2.23. The van der Waals surface area contributed by atoms with Gasteiger partial charge in [0.05, 0.1) is 17.6 Å². The first-order valence-corrected chi connectivity index (χ1v) is 9.88. The third-order valence-electron chi connectivity index (χ3n) is 2.60. The minimum atomic E-state index is -4.18. The van der Waals surface area contributed by atoms with E-state index in [-0.39, 0.29) is 11.4 Å². The van der Waals surface area contributed by atoms with E-state index in [9.17, 15) is 21.2 Å². The molecule has 0 heterocycles. The molecule has 10 heteroatoms. The number of benzene rings is 2. The van der Waals surface area contributed by atoms with Crippen LogP contribution >= 0.6 is 11.6 Å². The lowest BCUT2D eigenvalue weighted by Gasteiger charge is -2.10. The molecule has 0 aliphatic rings. The predicted molar refractivity (Wildman–Crippen MR) is 87.1 cm³/mol. The normalized spacial score (nSPS) is 12.0. The highest BCUT2D eigenvalue weighted by molar-refractivity contribution is 7.92. The minimum Gasteiger partial charge on any atom is -0.284 e. The van der Waals surface area contributed by atoms with E-state index in [2.05, 4.69) is 9.44 Å². The van der Waals surface area contributed by atoms with Crippen LogP contribution in [0.2, 0.25) is 5.02 Å². The molecule has 0 saturated heterocycles. The van der Waals surface area contributed by atoms with Crippen molar-refractivity contribution in [1.82, 2.24) is 0 Å². The molecule has 0 atom stereocenters. The van der Waals surface area contributed by atoms with Gasteiger partial charge in [0.15, 0.2) is 0 Å². The molecule has 2 aromatic rings. The standard InChI is InChI=1S/C13H12ClFN2O4S2/c1-22(18,19)16-11-5-6-13(12(15)8-11)23(20,21)17-10-4-2-3-9(14)7-10/h2-8,16-17H,1H3. The molecule has 0 aromatic heterocycles. The second-order valence-corrected chi connectivity index (χ2v) is 8.47. The van der Waals surface area contributed by atoms with Crippen molar-refractivity contribution in [2.45, 2.75) is 4.90 Å². The second-order valence-electron chi connectivity index (χ2n) is 4.64. The van der Waals surface area contributed by atoms with E-state index < -0.39 is 30.8 Å². The molecular formula is C13H12ClFN2O4S2. The molecule has 124 valence electrons. The predicted octanol–water partition coefficient (Wildman–Crippen LogP) is 2.65. The summed E-state index contributed by atoms with van der Waals surface area (Å²) < 4.78 is 64.8. The summed E-state index contributed by atoms with van der Waals surface area (Å²) >= 11 is 5.76. The lowest BCUT2D eigenvalue weighted by Crippen LogP contribution is -2.15. The molecule has 0 aliphatic heterocycles. The van der Waals surface area contributed by atoms with Crippen molar-refractivity contribution >= 4 is 43.0 Å². The van der Waals surface area contributed by atoms with Crippen molar-refractivity contribution in [3.8, 4) is 0 Å². The van der Waals surface area contributed by atoms with Gasteiger partial charge in [-0.15, -0.1) is 0 Å². The van der Waals surface area contributed by atoms with E-state index in [1.807, 2.05) is 0 Å². The van der Waals surface area contributed by atoms with Gasteiger partial charge < -0.3 is 0 Å². The van der Waals surface area contributed by atoms with Gasteiger partial charge in [0.25, 0.3) is 10.0 Å². The van der Waals surface area contributed by atoms with Gasteiger partial charge in [-0.1, -0.05) is 17.7 Å². The van der Waals surface area contributed by atoms with E-state index >= 15 is 0 Å². The van der Waals surface area contributed by atoms with Gasteiger partial charge in [0.2, 0.25) is 10.0 Å². The van der Waals surface area contributed by atoms with Crippen molar-refractivity contribution in [1.29, 1.82) is 0 Å². The lowest BCUT2D eigenvalue weighted by molar-refractivity contribution is 0.571. The Morgan fingerprint density at radius 3 is 2.17 bits per heavy atom. The fourth-order valence-corrected chi connectivity index (χ4v) is 3.61. The molecule has 23 heavy (non-hydrogen) atoms. The first-order valence-electron chi connectivity index (χ1n) is 6.12. The second kappa shape index (κ2) is 6.34. The summed E-state index contributed by atoms with van der Waals surface area (Å²) in [6.45, 7) is 0. The van der Waals surface area contributed by atoms with E-state index in [1.54, 1.807) is 6.07 Å².